The van der Waals surface area contributed by atoms with Crippen LogP contribution in [0.15, 0.2) is 12.1 Å². The molecule has 1 aromatic carbocycles. The van der Waals surface area contributed by atoms with Crippen LogP contribution in [-0.2, 0) is 19.0 Å². The number of Topliss-reactive ketones (excluding diaryl/α,β-unsaturated/α-hetero) is 1. The number of likely N-dealkylation sites (N-methyl/N-ethyl adjacent to an activating group) is 1. The van der Waals surface area contributed by atoms with Gasteiger partial charge >= 0.3 is 5.97 Å². The topological polar surface area (TPSA) is 149 Å². The first kappa shape index (κ1) is 23.7. The van der Waals surface area contributed by atoms with Gasteiger partial charge in [-0.3, -0.25) is 9.59 Å². The van der Waals surface area contributed by atoms with E-state index < -0.39 is 59.9 Å². The number of epoxide rings is 1. The van der Waals surface area contributed by atoms with Crippen LogP contribution in [0, 0.1) is 0 Å². The van der Waals surface area contributed by atoms with Gasteiger partial charge in [0.1, 0.15) is 18.0 Å². The average molecular weight is 478 g/mol. The number of ether oxygens (including phenoxy) is 3. The third-order valence-electron chi connectivity index (χ3n) is 8.15. The molecule has 186 valence electrons. The fraction of sp³-hybridized carbons (Fsp3) is 0.667. The van der Waals surface area contributed by atoms with Gasteiger partial charge in [-0.25, -0.2) is 0 Å². The Labute approximate surface area is 197 Å². The van der Waals surface area contributed by atoms with Gasteiger partial charge in [0.2, 0.25) is 5.78 Å². The predicted molar refractivity (Wildman–Crippen MR) is 117 cm³/mol. The van der Waals surface area contributed by atoms with E-state index in [2.05, 4.69) is 4.90 Å². The standard InChI is InChI=1S/C24H31NO9/c1-10-13(25(3)4)6-8-15(32-10)12-5-7-14(26)19-18(12)21(30)24-20(29)16(9-17(27)28)33-11(2)23(24,34-24)22(19)31/h5,7,10-11,13,15-16,20,22,26,29,31H,6,8-9H2,1-4H3,(H,27,28)/t10-,11-,13+,15-,16-,20+,22+,23-,24+/m1/s1. The van der Waals surface area contributed by atoms with Gasteiger partial charge in [-0.05, 0) is 52.4 Å². The highest BCUT2D eigenvalue weighted by molar-refractivity contribution is 6.11. The molecule has 34 heavy (non-hydrogen) atoms. The lowest BCUT2D eigenvalue weighted by Gasteiger charge is -2.44. The Morgan fingerprint density at radius 3 is 2.50 bits per heavy atom. The minimum Gasteiger partial charge on any atom is -0.508 e. The molecule has 1 aromatic rings. The molecule has 0 amide bonds. The molecule has 0 spiro atoms. The number of benzene rings is 1. The summed E-state index contributed by atoms with van der Waals surface area (Å²) < 4.78 is 17.9. The molecule has 0 aromatic heterocycles. The van der Waals surface area contributed by atoms with Gasteiger partial charge in [0.05, 0.1) is 30.8 Å². The molecule has 5 rings (SSSR count). The number of aromatic hydroxyl groups is 1. The first-order chi connectivity index (χ1) is 16.0. The van der Waals surface area contributed by atoms with Crippen molar-refractivity contribution >= 4 is 11.8 Å². The maximum atomic E-state index is 14.0. The summed E-state index contributed by atoms with van der Waals surface area (Å²) in [5.74, 6) is -2.05. The number of hydrogen-bond acceptors (Lipinski definition) is 9. The van der Waals surface area contributed by atoms with E-state index >= 15 is 0 Å². The molecule has 9 atom stereocenters. The van der Waals surface area contributed by atoms with Crippen molar-refractivity contribution in [3.05, 3.63) is 28.8 Å². The predicted octanol–water partition coefficient (Wildman–Crippen LogP) is 0.923. The quantitative estimate of drug-likeness (QED) is 0.461. The normalized spacial score (nSPS) is 43.1. The second-order valence-electron chi connectivity index (χ2n) is 10.1. The molecule has 1 aliphatic carbocycles. The lowest BCUT2D eigenvalue weighted by Crippen LogP contribution is -2.63. The highest BCUT2D eigenvalue weighted by Crippen LogP contribution is 2.68. The van der Waals surface area contributed by atoms with E-state index in [1.54, 1.807) is 13.0 Å². The van der Waals surface area contributed by atoms with Gasteiger partial charge in [-0.2, -0.15) is 0 Å². The fourth-order valence-electron chi connectivity index (χ4n) is 6.49. The van der Waals surface area contributed by atoms with E-state index in [0.717, 1.165) is 6.42 Å². The molecule has 3 fully saturated rings. The molecule has 10 nitrogen and oxygen atoms in total. The van der Waals surface area contributed by atoms with Crippen LogP contribution < -0.4 is 0 Å². The van der Waals surface area contributed by atoms with Crippen molar-refractivity contribution in [1.82, 2.24) is 4.90 Å². The number of carboxylic acid groups (broad SMARTS) is 1. The van der Waals surface area contributed by atoms with E-state index in [4.69, 9.17) is 14.2 Å². The van der Waals surface area contributed by atoms with Gasteiger partial charge in [0.25, 0.3) is 0 Å². The van der Waals surface area contributed by atoms with Crippen molar-refractivity contribution in [3.63, 3.8) is 0 Å². The first-order valence-electron chi connectivity index (χ1n) is 11.6. The molecule has 4 N–H and O–H groups in total. The number of rotatable bonds is 4. The number of carboxylic acids is 1. The summed E-state index contributed by atoms with van der Waals surface area (Å²) in [6, 6.07) is 3.25. The molecule has 0 unspecified atom stereocenters. The number of aliphatic carboxylic acids is 1. The van der Waals surface area contributed by atoms with Crippen LogP contribution >= 0.6 is 0 Å². The van der Waals surface area contributed by atoms with Crippen LogP contribution in [0.4, 0.5) is 0 Å². The summed E-state index contributed by atoms with van der Waals surface area (Å²) in [4.78, 5) is 27.5. The number of phenols is 1. The second-order valence-corrected chi connectivity index (χ2v) is 10.1. The molecular weight excluding hydrogens is 446 g/mol. The number of fused-ring (bicyclic) bond motifs is 1. The molecule has 0 radical (unpaired) electrons. The molecule has 4 aliphatic rings. The Hall–Kier alpha value is -2.08. The number of carbonyl (C=O) groups is 2. The molecular formula is C24H31NO9. The number of ketones is 1. The zero-order valence-corrected chi connectivity index (χ0v) is 19.6. The lowest BCUT2D eigenvalue weighted by molar-refractivity contribution is -0.162. The van der Waals surface area contributed by atoms with E-state index in [-0.39, 0.29) is 29.0 Å². The minimum atomic E-state index is -1.85. The maximum absolute atomic E-state index is 14.0. The summed E-state index contributed by atoms with van der Waals surface area (Å²) in [5, 5.41) is 42.4. The number of hydrogen-bond donors (Lipinski definition) is 4. The summed E-state index contributed by atoms with van der Waals surface area (Å²) in [6.45, 7) is 3.53. The van der Waals surface area contributed by atoms with Crippen LogP contribution in [0.3, 0.4) is 0 Å². The van der Waals surface area contributed by atoms with E-state index in [1.165, 1.54) is 6.07 Å². The van der Waals surface area contributed by atoms with Crippen LogP contribution in [0.25, 0.3) is 0 Å². The van der Waals surface area contributed by atoms with Gasteiger partial charge in [0, 0.05) is 17.2 Å². The van der Waals surface area contributed by atoms with Crippen molar-refractivity contribution in [2.75, 3.05) is 14.1 Å². The monoisotopic (exact) mass is 477 g/mol. The van der Waals surface area contributed by atoms with Crippen LogP contribution in [0.1, 0.15) is 66.8 Å². The van der Waals surface area contributed by atoms with E-state index in [9.17, 15) is 30.0 Å². The van der Waals surface area contributed by atoms with Gasteiger partial charge < -0.3 is 39.5 Å². The number of phenolic OH excluding ortho intramolecular Hbond substituents is 1. The summed E-state index contributed by atoms with van der Waals surface area (Å²) in [5.41, 5.74) is -2.85. The van der Waals surface area contributed by atoms with Crippen molar-refractivity contribution in [2.45, 2.75) is 87.0 Å². The van der Waals surface area contributed by atoms with Crippen LogP contribution in [-0.4, -0.2) is 92.8 Å². The largest absolute Gasteiger partial charge is 0.508 e. The fourth-order valence-corrected chi connectivity index (χ4v) is 6.49. The van der Waals surface area contributed by atoms with Crippen molar-refractivity contribution in [1.29, 1.82) is 0 Å². The van der Waals surface area contributed by atoms with Crippen molar-refractivity contribution < 1.29 is 44.2 Å². The summed E-state index contributed by atoms with van der Waals surface area (Å²) in [7, 11) is 3.97. The zero-order valence-electron chi connectivity index (χ0n) is 19.6. The molecule has 3 saturated heterocycles. The molecule has 3 heterocycles. The zero-order chi connectivity index (χ0) is 24.7. The Morgan fingerprint density at radius 1 is 1.18 bits per heavy atom. The summed E-state index contributed by atoms with van der Waals surface area (Å²) in [6.07, 6.45) is -4.81. The maximum Gasteiger partial charge on any atom is 0.306 e. The molecule has 0 saturated carbocycles. The first-order valence-corrected chi connectivity index (χ1v) is 11.6. The van der Waals surface area contributed by atoms with Gasteiger partial charge in [-0.1, -0.05) is 6.07 Å². The van der Waals surface area contributed by atoms with Crippen LogP contribution in [0.5, 0.6) is 5.75 Å². The number of carbonyl (C=O) groups excluding carboxylic acids is 1. The number of aliphatic hydroxyl groups excluding tert-OH is 2. The van der Waals surface area contributed by atoms with Gasteiger partial charge in [-0.15, -0.1) is 0 Å². The Balaban J connectivity index is 1.59. The van der Waals surface area contributed by atoms with Crippen molar-refractivity contribution in [3.8, 4) is 5.75 Å². The third-order valence-corrected chi connectivity index (χ3v) is 8.15. The number of aliphatic hydroxyl groups is 2. The Kier molecular flexibility index (Phi) is 5.36. The number of nitrogens with zero attached hydrogens (tertiary/aromatic N) is 1. The molecule has 3 aliphatic heterocycles. The second kappa shape index (κ2) is 7.71. The average Bonchev–Trinajstić information content (AvgIpc) is 3.49. The lowest BCUT2D eigenvalue weighted by atomic mass is 9.64. The highest BCUT2D eigenvalue weighted by atomic mass is 16.7. The Morgan fingerprint density at radius 2 is 1.88 bits per heavy atom. The Bertz CT molecular complexity index is 1040. The van der Waals surface area contributed by atoms with E-state index in [1.807, 2.05) is 21.0 Å². The van der Waals surface area contributed by atoms with Crippen molar-refractivity contribution in [2.24, 2.45) is 0 Å². The third kappa shape index (κ3) is 2.90. The minimum absolute atomic E-state index is 0.0287. The van der Waals surface area contributed by atoms with Crippen LogP contribution in [0.2, 0.25) is 0 Å². The molecule has 10 heteroatoms. The van der Waals surface area contributed by atoms with E-state index in [0.29, 0.717) is 12.0 Å². The van der Waals surface area contributed by atoms with Gasteiger partial charge in [0.15, 0.2) is 11.2 Å². The molecule has 0 bridgehead atoms. The summed E-state index contributed by atoms with van der Waals surface area (Å²) >= 11 is 0. The smallest absolute Gasteiger partial charge is 0.306 e. The SMILES string of the molecule is C[C@H]1O[C@@H](c2ccc(O)c3c2C(=O)[C@]24O[C@]2([C@@H](C)O[C@H](CC(=O)O)[C@@H]4O)[C@H]3O)CC[C@@H]1N(C)C. The highest BCUT2D eigenvalue weighted by Gasteiger charge is 2.88.